The van der Waals surface area contributed by atoms with Crippen LogP contribution in [-0.2, 0) is 44.5 Å². The fourth-order valence-corrected chi connectivity index (χ4v) is 11.4. The average molecular weight is 859 g/mol. The number of rotatable bonds is 7. The molecule has 12 nitrogen and oxygen atoms in total. The van der Waals surface area contributed by atoms with E-state index < -0.39 is 23.6 Å². The van der Waals surface area contributed by atoms with E-state index in [4.69, 9.17) is 23.0 Å². The van der Waals surface area contributed by atoms with Crippen LogP contribution in [0.3, 0.4) is 0 Å². The molecule has 0 aromatic carbocycles. The van der Waals surface area contributed by atoms with Gasteiger partial charge in [0.1, 0.15) is 28.8 Å². The second kappa shape index (κ2) is 20.7. The molecular formula is C48H75FN2O10. The maximum atomic E-state index is 12.2. The first kappa shape index (κ1) is 51.7. The smallest absolute Gasteiger partial charge is 0.313 e. The fourth-order valence-electron chi connectivity index (χ4n) is 11.4. The highest BCUT2D eigenvalue weighted by atomic mass is 19.0. The molecule has 13 heteroatoms. The Bertz CT molecular complexity index is 1870. The third kappa shape index (κ3) is 9.23. The second-order valence-electron chi connectivity index (χ2n) is 17.6. The van der Waals surface area contributed by atoms with Crippen LogP contribution < -0.4 is 0 Å². The van der Waals surface area contributed by atoms with Gasteiger partial charge in [-0.25, -0.2) is 0 Å². The molecule has 344 valence electrons. The molecular weight excluding hydrogens is 784 g/mol. The highest BCUT2D eigenvalue weighted by Gasteiger charge is 2.66. The molecule has 61 heavy (non-hydrogen) atoms. The number of nitrogens with zero attached hydrogens (tertiary/aromatic N) is 2. The van der Waals surface area contributed by atoms with Crippen LogP contribution in [0.2, 0.25) is 0 Å². The van der Waals surface area contributed by atoms with Gasteiger partial charge in [0, 0.05) is 92.6 Å². The summed E-state index contributed by atoms with van der Waals surface area (Å²) >= 11 is 0. The van der Waals surface area contributed by atoms with E-state index in [2.05, 4.69) is 66.8 Å². The molecule has 0 unspecified atom stereocenters. The number of ether oxygens (including phenoxy) is 4. The first-order valence-corrected chi connectivity index (χ1v) is 21.4. The third-order valence-electron chi connectivity index (χ3n) is 13.4. The van der Waals surface area contributed by atoms with E-state index in [1.807, 2.05) is 27.7 Å². The van der Waals surface area contributed by atoms with Crippen molar-refractivity contribution in [1.29, 1.82) is 0 Å². The number of halogens is 1. The second-order valence-corrected chi connectivity index (χ2v) is 17.6. The molecule has 0 saturated carbocycles. The number of hydrogen-bond acceptors (Lipinski definition) is 12. The van der Waals surface area contributed by atoms with Crippen molar-refractivity contribution in [2.75, 3.05) is 53.5 Å². The van der Waals surface area contributed by atoms with Crippen LogP contribution in [-0.4, -0.2) is 98.5 Å². The van der Waals surface area contributed by atoms with E-state index in [9.17, 15) is 19.5 Å². The zero-order chi connectivity index (χ0) is 42.0. The zero-order valence-electron chi connectivity index (χ0n) is 36.6. The average Bonchev–Trinajstić information content (AvgIpc) is 3.92. The first-order chi connectivity index (χ1) is 27.6. The number of hydrogen-bond donors (Lipinski definition) is 1. The summed E-state index contributed by atoms with van der Waals surface area (Å²) in [5.74, 6) is 1.68. The molecule has 0 spiro atoms. The van der Waals surface area contributed by atoms with Gasteiger partial charge in [0.15, 0.2) is 0 Å². The highest BCUT2D eigenvalue weighted by Crippen LogP contribution is 2.66. The molecule has 4 heterocycles. The van der Waals surface area contributed by atoms with E-state index in [-0.39, 0.29) is 48.1 Å². The minimum Gasteiger partial charge on any atom is -0.469 e. The molecule has 8 rings (SSSR count). The van der Waals surface area contributed by atoms with Gasteiger partial charge >= 0.3 is 17.9 Å². The summed E-state index contributed by atoms with van der Waals surface area (Å²) in [6.45, 7) is 18.5. The monoisotopic (exact) mass is 859 g/mol. The Kier molecular flexibility index (Phi) is 17.6. The summed E-state index contributed by atoms with van der Waals surface area (Å²) in [7, 11) is 4.31. The van der Waals surface area contributed by atoms with Gasteiger partial charge in [-0.3, -0.25) is 19.1 Å². The summed E-state index contributed by atoms with van der Waals surface area (Å²) in [6, 6.07) is 4.18. The molecule has 0 radical (unpaired) electrons. The Morgan fingerprint density at radius 3 is 1.67 bits per heavy atom. The van der Waals surface area contributed by atoms with Crippen LogP contribution in [0.25, 0.3) is 0 Å². The standard InChI is InChI=1S/C22H31NO4.C18H25NO3.C6H10O3.2CH4.FH/c1-5-6-19(24)27-16(3)17-7-9-22-18-8-11-25-20(18)15(2)13-21(17,22)14-23(4)10-12-26-22;1-12-10-17-11-19(3)7-9-22-18(17,6-4-14(17)13(2)20)15-5-8-21-16(12)15;1-3-4-6(8)9-5(2)7;;;/h7-8,11,15-16H,5-6,9-10,12-14H2,1-4H3;4-5,8,12-13,20H,6-7,9-11H2,1-3H3;3-4H2,1-2H3;2*1H4;1H/t15-,16-,21+,22+;12-,13-,17+,18+;;;;/m11..../s1. The molecule has 0 bridgehead atoms. The molecule has 2 aromatic heterocycles. The number of esters is 3. The number of fused-ring (bicyclic) bond motifs is 2. The lowest BCUT2D eigenvalue weighted by molar-refractivity contribution is -0.158. The topological polar surface area (TPSA) is 141 Å². The Morgan fingerprint density at radius 2 is 1.23 bits per heavy atom. The lowest BCUT2D eigenvalue weighted by Gasteiger charge is -2.52. The van der Waals surface area contributed by atoms with Crippen LogP contribution in [0.1, 0.15) is 149 Å². The minimum atomic E-state index is -0.534. The van der Waals surface area contributed by atoms with Crippen molar-refractivity contribution in [3.8, 4) is 0 Å². The molecule has 2 fully saturated rings. The van der Waals surface area contributed by atoms with Gasteiger partial charge in [0.25, 0.3) is 0 Å². The Balaban J connectivity index is 0.000000264. The Labute approximate surface area is 363 Å². The Hall–Kier alpha value is -3.62. The summed E-state index contributed by atoms with van der Waals surface area (Å²) < 4.78 is 34.9. The van der Waals surface area contributed by atoms with Crippen molar-refractivity contribution in [3.05, 3.63) is 70.6 Å². The van der Waals surface area contributed by atoms with Gasteiger partial charge in [-0.2, -0.15) is 0 Å². The van der Waals surface area contributed by atoms with Crippen molar-refractivity contribution < 1.29 is 52.0 Å². The highest BCUT2D eigenvalue weighted by molar-refractivity contribution is 5.83. The number of likely N-dealkylation sites (N-methyl/N-ethyl adjacent to an activating group) is 2. The van der Waals surface area contributed by atoms with Crippen LogP contribution in [0, 0.1) is 10.8 Å². The van der Waals surface area contributed by atoms with E-state index in [0.29, 0.717) is 37.7 Å². The van der Waals surface area contributed by atoms with Gasteiger partial charge in [-0.1, -0.05) is 54.7 Å². The van der Waals surface area contributed by atoms with Gasteiger partial charge in [-0.05, 0) is 76.9 Å². The van der Waals surface area contributed by atoms with Gasteiger partial charge < -0.3 is 42.7 Å². The maximum Gasteiger partial charge on any atom is 0.313 e. The van der Waals surface area contributed by atoms with Crippen LogP contribution >= 0.6 is 0 Å². The van der Waals surface area contributed by atoms with Gasteiger partial charge in [-0.15, -0.1) is 0 Å². The van der Waals surface area contributed by atoms with E-state index in [0.717, 1.165) is 82.0 Å². The summed E-state index contributed by atoms with van der Waals surface area (Å²) in [4.78, 5) is 37.4. The minimum absolute atomic E-state index is 0. The van der Waals surface area contributed by atoms with Gasteiger partial charge in [0.05, 0.1) is 31.8 Å². The van der Waals surface area contributed by atoms with Crippen molar-refractivity contribution >= 4 is 17.9 Å². The third-order valence-corrected chi connectivity index (χ3v) is 13.4. The van der Waals surface area contributed by atoms with Crippen LogP contribution in [0.15, 0.2) is 56.8 Å². The van der Waals surface area contributed by atoms with Crippen LogP contribution in [0.4, 0.5) is 4.70 Å². The molecule has 4 aliphatic carbocycles. The molecule has 2 aromatic rings. The number of aliphatic hydroxyl groups excluding tert-OH is 1. The largest absolute Gasteiger partial charge is 0.469 e. The van der Waals surface area contributed by atoms with Crippen molar-refractivity contribution in [2.45, 2.75) is 150 Å². The SMILES string of the molecule is C.C.CCCC(=O)OC(C)=O.CCCC(=O)O[C@H](C)C1=CC[C@@]23OCCN(C)C[C@@]12C[C@@H](C)c1occc13.C[C@@H]1C[C@@]23CN(C)CCO[C@@]2(CC=C3[C@@H](C)O)c2ccoc21.F. The number of aliphatic hydroxyl groups is 1. The number of furan rings is 2. The van der Waals surface area contributed by atoms with Gasteiger partial charge in [0.2, 0.25) is 0 Å². The first-order valence-electron chi connectivity index (χ1n) is 21.4. The van der Waals surface area contributed by atoms with E-state index >= 15 is 0 Å². The molecule has 8 atom stereocenters. The van der Waals surface area contributed by atoms with Crippen molar-refractivity contribution in [3.63, 3.8) is 0 Å². The maximum absolute atomic E-state index is 12.2. The summed E-state index contributed by atoms with van der Waals surface area (Å²) in [6.07, 6.45) is 13.3. The Morgan fingerprint density at radius 1 is 0.787 bits per heavy atom. The van der Waals surface area contributed by atoms with E-state index in [1.165, 1.54) is 23.6 Å². The molecule has 2 aliphatic heterocycles. The molecule has 0 amide bonds. The number of carbonyl (C=O) groups excluding carboxylic acids is 3. The van der Waals surface area contributed by atoms with E-state index in [1.54, 1.807) is 12.5 Å². The van der Waals surface area contributed by atoms with Crippen molar-refractivity contribution in [2.24, 2.45) is 10.8 Å². The van der Waals surface area contributed by atoms with Crippen LogP contribution in [0.5, 0.6) is 0 Å². The fraction of sp³-hybridized carbons (Fsp3) is 0.688. The normalized spacial score (nSPS) is 30.6. The molecule has 6 aliphatic rings. The zero-order valence-corrected chi connectivity index (χ0v) is 36.6. The number of carbonyl (C=O) groups is 3. The predicted octanol–water partition coefficient (Wildman–Crippen LogP) is 8.93. The molecule has 1 N–H and O–H groups in total. The van der Waals surface area contributed by atoms with Crippen molar-refractivity contribution in [1.82, 2.24) is 9.80 Å². The summed E-state index contributed by atoms with van der Waals surface area (Å²) in [5, 5.41) is 10.4. The molecule has 2 saturated heterocycles. The lowest BCUT2D eigenvalue weighted by Crippen LogP contribution is -2.54. The predicted molar refractivity (Wildman–Crippen MR) is 234 cm³/mol. The quantitative estimate of drug-likeness (QED) is 0.162. The summed E-state index contributed by atoms with van der Waals surface area (Å²) in [5.41, 5.74) is 3.65. The lowest BCUT2D eigenvalue weighted by atomic mass is 9.58.